The van der Waals surface area contributed by atoms with Crippen LogP contribution in [0.15, 0.2) is 60.1 Å². The maximum Gasteiger partial charge on any atom is 0.141 e. The van der Waals surface area contributed by atoms with Crippen LogP contribution in [0.2, 0.25) is 0 Å². The third-order valence-corrected chi connectivity index (χ3v) is 2.64. The Morgan fingerprint density at radius 2 is 1.78 bits per heavy atom. The SMILES string of the molecule is C=C(C)c1ccc(C=Nc2ccccc2O)cc1. The number of phenolic OH excluding ortho intramolecular Hbond substituents is 1. The fraction of sp³-hybridized carbons (Fsp3) is 0.0625. The van der Waals surface area contributed by atoms with E-state index in [1.165, 1.54) is 0 Å². The maximum absolute atomic E-state index is 9.58. The molecule has 0 amide bonds. The standard InChI is InChI=1S/C16H15NO/c1-12(2)14-9-7-13(8-10-14)11-17-15-5-3-4-6-16(15)18/h3-11,18H,1H2,2H3. The summed E-state index contributed by atoms with van der Waals surface area (Å²) in [6, 6.07) is 15.0. The van der Waals surface area contributed by atoms with E-state index in [9.17, 15) is 5.11 Å². The molecule has 0 aromatic heterocycles. The van der Waals surface area contributed by atoms with Crippen molar-refractivity contribution >= 4 is 17.5 Å². The van der Waals surface area contributed by atoms with Crippen LogP contribution in [0.3, 0.4) is 0 Å². The Morgan fingerprint density at radius 1 is 1.11 bits per heavy atom. The summed E-state index contributed by atoms with van der Waals surface area (Å²) in [5, 5.41) is 9.58. The normalized spacial score (nSPS) is 10.7. The molecule has 0 heterocycles. The molecule has 90 valence electrons. The van der Waals surface area contributed by atoms with E-state index >= 15 is 0 Å². The fourth-order valence-corrected chi connectivity index (χ4v) is 1.57. The second-order valence-corrected chi connectivity index (χ2v) is 4.15. The zero-order valence-corrected chi connectivity index (χ0v) is 10.3. The van der Waals surface area contributed by atoms with Gasteiger partial charge in [0.2, 0.25) is 0 Å². The summed E-state index contributed by atoms with van der Waals surface area (Å²) in [4.78, 5) is 4.25. The minimum atomic E-state index is 0.187. The number of nitrogens with zero attached hydrogens (tertiary/aromatic N) is 1. The van der Waals surface area contributed by atoms with E-state index in [1.54, 1.807) is 24.4 Å². The van der Waals surface area contributed by atoms with E-state index in [0.717, 1.165) is 16.7 Å². The summed E-state index contributed by atoms with van der Waals surface area (Å²) < 4.78 is 0. The molecule has 0 unspecified atom stereocenters. The van der Waals surface area contributed by atoms with Crippen LogP contribution in [0.25, 0.3) is 5.57 Å². The monoisotopic (exact) mass is 237 g/mol. The van der Waals surface area contributed by atoms with E-state index < -0.39 is 0 Å². The van der Waals surface area contributed by atoms with E-state index in [-0.39, 0.29) is 5.75 Å². The molecule has 0 aliphatic carbocycles. The van der Waals surface area contributed by atoms with Gasteiger partial charge in [-0.2, -0.15) is 0 Å². The molecule has 2 nitrogen and oxygen atoms in total. The molecule has 0 aliphatic heterocycles. The van der Waals surface area contributed by atoms with Gasteiger partial charge in [0.05, 0.1) is 0 Å². The van der Waals surface area contributed by atoms with Crippen LogP contribution in [0.1, 0.15) is 18.1 Å². The molecule has 0 radical (unpaired) electrons. The van der Waals surface area contributed by atoms with E-state index in [1.807, 2.05) is 37.3 Å². The van der Waals surface area contributed by atoms with Crippen molar-refractivity contribution in [2.24, 2.45) is 4.99 Å². The third kappa shape index (κ3) is 2.86. The number of allylic oxidation sites excluding steroid dienone is 1. The maximum atomic E-state index is 9.58. The molecule has 0 spiro atoms. The lowest BCUT2D eigenvalue weighted by molar-refractivity contribution is 0.477. The molecule has 2 aromatic rings. The van der Waals surface area contributed by atoms with Gasteiger partial charge in [-0.3, -0.25) is 4.99 Å². The van der Waals surface area contributed by atoms with Crippen LogP contribution in [0.4, 0.5) is 5.69 Å². The van der Waals surface area contributed by atoms with Gasteiger partial charge in [-0.15, -0.1) is 0 Å². The zero-order chi connectivity index (χ0) is 13.0. The average Bonchev–Trinajstić information content (AvgIpc) is 2.38. The summed E-state index contributed by atoms with van der Waals surface area (Å²) >= 11 is 0. The Morgan fingerprint density at radius 3 is 2.39 bits per heavy atom. The largest absolute Gasteiger partial charge is 0.506 e. The molecule has 0 saturated heterocycles. The highest BCUT2D eigenvalue weighted by Crippen LogP contribution is 2.24. The second kappa shape index (κ2) is 5.32. The first-order valence-electron chi connectivity index (χ1n) is 5.75. The molecular formula is C16H15NO. The Balaban J connectivity index is 2.19. The molecule has 2 rings (SSSR count). The fourth-order valence-electron chi connectivity index (χ4n) is 1.57. The molecule has 0 aliphatic rings. The molecular weight excluding hydrogens is 222 g/mol. The van der Waals surface area contributed by atoms with Crippen molar-refractivity contribution in [3.8, 4) is 5.75 Å². The Labute approximate surface area is 107 Å². The number of phenols is 1. The number of benzene rings is 2. The predicted molar refractivity (Wildman–Crippen MR) is 76.5 cm³/mol. The number of para-hydroxylation sites is 2. The van der Waals surface area contributed by atoms with Gasteiger partial charge in [0.15, 0.2) is 0 Å². The molecule has 0 bridgehead atoms. The van der Waals surface area contributed by atoms with Gasteiger partial charge in [0, 0.05) is 6.21 Å². The molecule has 0 fully saturated rings. The van der Waals surface area contributed by atoms with E-state index in [2.05, 4.69) is 11.6 Å². The summed E-state index contributed by atoms with van der Waals surface area (Å²) in [5.41, 5.74) is 3.72. The van der Waals surface area contributed by atoms with Crippen LogP contribution in [0.5, 0.6) is 5.75 Å². The molecule has 1 N–H and O–H groups in total. The predicted octanol–water partition coefficient (Wildman–Crippen LogP) is 4.18. The quantitative estimate of drug-likeness (QED) is 0.798. The first kappa shape index (κ1) is 12.1. The van der Waals surface area contributed by atoms with Crippen molar-refractivity contribution in [1.29, 1.82) is 0 Å². The zero-order valence-electron chi connectivity index (χ0n) is 10.3. The first-order valence-corrected chi connectivity index (χ1v) is 5.75. The topological polar surface area (TPSA) is 32.6 Å². The van der Waals surface area contributed by atoms with Crippen molar-refractivity contribution in [3.05, 3.63) is 66.2 Å². The summed E-state index contributed by atoms with van der Waals surface area (Å²) in [6.45, 7) is 5.87. The minimum Gasteiger partial charge on any atom is -0.506 e. The van der Waals surface area contributed by atoms with E-state index in [4.69, 9.17) is 0 Å². The van der Waals surface area contributed by atoms with Gasteiger partial charge in [-0.1, -0.05) is 48.6 Å². The van der Waals surface area contributed by atoms with Crippen LogP contribution >= 0.6 is 0 Å². The van der Waals surface area contributed by atoms with Crippen LogP contribution in [-0.2, 0) is 0 Å². The smallest absolute Gasteiger partial charge is 0.141 e. The minimum absolute atomic E-state index is 0.187. The van der Waals surface area contributed by atoms with Crippen molar-refractivity contribution in [1.82, 2.24) is 0 Å². The Kier molecular flexibility index (Phi) is 3.58. The lowest BCUT2D eigenvalue weighted by Crippen LogP contribution is -1.82. The van der Waals surface area contributed by atoms with Gasteiger partial charge >= 0.3 is 0 Å². The van der Waals surface area contributed by atoms with Crippen molar-refractivity contribution in [2.75, 3.05) is 0 Å². The molecule has 0 saturated carbocycles. The van der Waals surface area contributed by atoms with Crippen molar-refractivity contribution < 1.29 is 5.11 Å². The third-order valence-electron chi connectivity index (χ3n) is 2.64. The van der Waals surface area contributed by atoms with Gasteiger partial charge in [0.25, 0.3) is 0 Å². The molecule has 2 aromatic carbocycles. The van der Waals surface area contributed by atoms with Crippen LogP contribution < -0.4 is 0 Å². The van der Waals surface area contributed by atoms with Crippen LogP contribution in [0, 0.1) is 0 Å². The van der Waals surface area contributed by atoms with Crippen molar-refractivity contribution in [3.63, 3.8) is 0 Å². The average molecular weight is 237 g/mol. The van der Waals surface area contributed by atoms with E-state index in [0.29, 0.717) is 5.69 Å². The highest BCUT2D eigenvalue weighted by Gasteiger charge is 1.96. The highest BCUT2D eigenvalue weighted by atomic mass is 16.3. The summed E-state index contributed by atoms with van der Waals surface area (Å²) in [5.74, 6) is 0.187. The molecule has 2 heteroatoms. The highest BCUT2D eigenvalue weighted by molar-refractivity contribution is 5.83. The van der Waals surface area contributed by atoms with Gasteiger partial charge < -0.3 is 5.11 Å². The number of hydrogen-bond acceptors (Lipinski definition) is 2. The number of aromatic hydroxyl groups is 1. The molecule has 0 atom stereocenters. The Bertz CT molecular complexity index is 582. The lowest BCUT2D eigenvalue weighted by atomic mass is 10.1. The lowest BCUT2D eigenvalue weighted by Gasteiger charge is -2.00. The molecule has 18 heavy (non-hydrogen) atoms. The number of hydrogen-bond donors (Lipinski definition) is 1. The van der Waals surface area contributed by atoms with Crippen molar-refractivity contribution in [2.45, 2.75) is 6.92 Å². The van der Waals surface area contributed by atoms with Gasteiger partial charge in [0.1, 0.15) is 11.4 Å². The number of rotatable bonds is 3. The second-order valence-electron chi connectivity index (χ2n) is 4.15. The Hall–Kier alpha value is -2.35. The van der Waals surface area contributed by atoms with Crippen LogP contribution in [-0.4, -0.2) is 11.3 Å². The summed E-state index contributed by atoms with van der Waals surface area (Å²) in [6.07, 6.45) is 1.73. The van der Waals surface area contributed by atoms with Gasteiger partial charge in [-0.25, -0.2) is 0 Å². The number of aliphatic imine (C=N–C) groups is 1. The van der Waals surface area contributed by atoms with Gasteiger partial charge in [-0.05, 0) is 30.2 Å². The summed E-state index contributed by atoms with van der Waals surface area (Å²) in [7, 11) is 0. The first-order chi connectivity index (χ1) is 8.66.